The Morgan fingerprint density at radius 3 is 2.34 bits per heavy atom. The third-order valence-electron chi connectivity index (χ3n) is 4.28. The molecule has 5 nitrogen and oxygen atoms in total. The predicted octanol–water partition coefficient (Wildman–Crippen LogP) is 4.45. The smallest absolute Gasteiger partial charge is 0.261 e. The van der Waals surface area contributed by atoms with E-state index in [2.05, 4.69) is 5.32 Å². The number of carbonyl (C=O) groups excluding carboxylic acids is 2. The molecule has 0 radical (unpaired) electrons. The van der Waals surface area contributed by atoms with E-state index in [1.54, 1.807) is 25.1 Å². The molecule has 1 N–H and O–H groups in total. The van der Waals surface area contributed by atoms with Gasteiger partial charge in [0, 0.05) is 28.7 Å². The Balaban J connectivity index is 2.19. The van der Waals surface area contributed by atoms with Crippen LogP contribution in [0.1, 0.15) is 25.8 Å². The second-order valence-electron chi connectivity index (χ2n) is 6.43. The molecule has 0 aliphatic heterocycles. The summed E-state index contributed by atoms with van der Waals surface area (Å²) in [4.78, 5) is 26.7. The SMILES string of the molecule is CCCNC(=O)C(C)N(Cc1c(Cl)cccc1Cl)C(=O)COc1ccc(F)cc1. The van der Waals surface area contributed by atoms with E-state index >= 15 is 0 Å². The van der Waals surface area contributed by atoms with Crippen molar-refractivity contribution < 1.29 is 18.7 Å². The van der Waals surface area contributed by atoms with Crippen molar-refractivity contribution in [2.45, 2.75) is 32.9 Å². The van der Waals surface area contributed by atoms with Crippen LogP contribution < -0.4 is 10.1 Å². The Hall–Kier alpha value is -2.31. The maximum absolute atomic E-state index is 13.0. The lowest BCUT2D eigenvalue weighted by atomic mass is 10.1. The Morgan fingerprint density at radius 2 is 1.76 bits per heavy atom. The van der Waals surface area contributed by atoms with Gasteiger partial charge in [0.15, 0.2) is 6.61 Å². The first-order valence-electron chi connectivity index (χ1n) is 9.22. The van der Waals surface area contributed by atoms with E-state index in [1.807, 2.05) is 6.92 Å². The van der Waals surface area contributed by atoms with E-state index in [9.17, 15) is 14.0 Å². The molecule has 0 aromatic heterocycles. The molecule has 0 aliphatic carbocycles. The van der Waals surface area contributed by atoms with Gasteiger partial charge in [0.1, 0.15) is 17.6 Å². The van der Waals surface area contributed by atoms with Crippen molar-refractivity contribution in [1.82, 2.24) is 10.2 Å². The highest BCUT2D eigenvalue weighted by Crippen LogP contribution is 2.26. The number of nitrogens with zero attached hydrogens (tertiary/aromatic N) is 1. The highest BCUT2D eigenvalue weighted by atomic mass is 35.5. The van der Waals surface area contributed by atoms with Crippen LogP contribution in [-0.4, -0.2) is 35.9 Å². The summed E-state index contributed by atoms with van der Waals surface area (Å²) < 4.78 is 18.5. The normalized spacial score (nSPS) is 11.6. The van der Waals surface area contributed by atoms with Crippen LogP contribution in [-0.2, 0) is 16.1 Å². The summed E-state index contributed by atoms with van der Waals surface area (Å²) in [5, 5.41) is 3.58. The van der Waals surface area contributed by atoms with Crippen molar-refractivity contribution in [3.05, 3.63) is 63.9 Å². The Bertz CT molecular complexity index is 826. The molecule has 0 saturated carbocycles. The topological polar surface area (TPSA) is 58.6 Å². The van der Waals surface area contributed by atoms with Crippen LogP contribution in [0, 0.1) is 5.82 Å². The standard InChI is InChI=1S/C21H23Cl2FN2O3/c1-3-11-25-21(28)14(2)26(12-17-18(22)5-4-6-19(17)23)20(27)13-29-16-9-7-15(24)8-10-16/h4-10,14H,3,11-13H2,1-2H3,(H,25,28). The van der Waals surface area contributed by atoms with Crippen LogP contribution in [0.2, 0.25) is 10.0 Å². The third-order valence-corrected chi connectivity index (χ3v) is 4.99. The fraction of sp³-hybridized carbons (Fsp3) is 0.333. The van der Waals surface area contributed by atoms with E-state index in [4.69, 9.17) is 27.9 Å². The number of rotatable bonds is 9. The number of benzene rings is 2. The lowest BCUT2D eigenvalue weighted by Crippen LogP contribution is -2.49. The summed E-state index contributed by atoms with van der Waals surface area (Å²) in [5.41, 5.74) is 0.543. The van der Waals surface area contributed by atoms with Gasteiger partial charge in [0.2, 0.25) is 5.91 Å². The lowest BCUT2D eigenvalue weighted by molar-refractivity contribution is -0.142. The van der Waals surface area contributed by atoms with Gasteiger partial charge in [-0.05, 0) is 49.7 Å². The average Bonchev–Trinajstić information content (AvgIpc) is 2.70. The number of carbonyl (C=O) groups is 2. The molecule has 2 rings (SSSR count). The van der Waals surface area contributed by atoms with Crippen LogP contribution in [0.5, 0.6) is 5.75 Å². The Labute approximate surface area is 179 Å². The van der Waals surface area contributed by atoms with Crippen LogP contribution in [0.15, 0.2) is 42.5 Å². The van der Waals surface area contributed by atoms with Crippen molar-refractivity contribution in [2.24, 2.45) is 0 Å². The second-order valence-corrected chi connectivity index (χ2v) is 7.25. The molecule has 156 valence electrons. The van der Waals surface area contributed by atoms with Crippen LogP contribution in [0.3, 0.4) is 0 Å². The summed E-state index contributed by atoms with van der Waals surface area (Å²) >= 11 is 12.5. The molecular formula is C21H23Cl2FN2O3. The van der Waals surface area contributed by atoms with Gasteiger partial charge in [-0.3, -0.25) is 9.59 Å². The first-order valence-corrected chi connectivity index (χ1v) is 9.97. The zero-order chi connectivity index (χ0) is 21.4. The Kier molecular flexibility index (Phi) is 8.73. The molecule has 1 unspecified atom stereocenters. The quantitative estimate of drug-likeness (QED) is 0.626. The van der Waals surface area contributed by atoms with Gasteiger partial charge in [-0.25, -0.2) is 4.39 Å². The summed E-state index contributed by atoms with van der Waals surface area (Å²) in [6, 6.07) is 9.60. The number of halogens is 3. The molecule has 0 spiro atoms. The van der Waals surface area contributed by atoms with Crippen molar-refractivity contribution in [1.29, 1.82) is 0 Å². The zero-order valence-corrected chi connectivity index (χ0v) is 17.8. The van der Waals surface area contributed by atoms with Crippen LogP contribution in [0.4, 0.5) is 4.39 Å². The number of ether oxygens (including phenoxy) is 1. The fourth-order valence-corrected chi connectivity index (χ4v) is 3.11. The number of nitrogens with one attached hydrogen (secondary N) is 1. The van der Waals surface area contributed by atoms with E-state index in [0.29, 0.717) is 27.9 Å². The molecule has 2 amide bonds. The molecule has 1 atom stereocenters. The van der Waals surface area contributed by atoms with Gasteiger partial charge in [-0.1, -0.05) is 36.2 Å². The minimum atomic E-state index is -0.766. The average molecular weight is 441 g/mol. The van der Waals surface area contributed by atoms with E-state index in [-0.39, 0.29) is 19.1 Å². The zero-order valence-electron chi connectivity index (χ0n) is 16.3. The number of amides is 2. The fourth-order valence-electron chi connectivity index (χ4n) is 2.59. The number of hydrogen-bond donors (Lipinski definition) is 1. The monoisotopic (exact) mass is 440 g/mol. The lowest BCUT2D eigenvalue weighted by Gasteiger charge is -2.29. The molecule has 8 heteroatoms. The molecule has 0 aliphatic rings. The van der Waals surface area contributed by atoms with Crippen molar-refractivity contribution in [3.8, 4) is 5.75 Å². The molecule has 0 saturated heterocycles. The first-order chi connectivity index (χ1) is 13.8. The van der Waals surface area contributed by atoms with Gasteiger partial charge in [0.05, 0.1) is 0 Å². The maximum atomic E-state index is 13.0. The summed E-state index contributed by atoms with van der Waals surface area (Å²) in [6.45, 7) is 3.80. The molecule has 2 aromatic carbocycles. The van der Waals surface area contributed by atoms with Gasteiger partial charge in [0.25, 0.3) is 5.91 Å². The number of hydrogen-bond acceptors (Lipinski definition) is 3. The van der Waals surface area contributed by atoms with Gasteiger partial charge < -0.3 is 15.0 Å². The largest absolute Gasteiger partial charge is 0.484 e. The molecular weight excluding hydrogens is 418 g/mol. The summed E-state index contributed by atoms with van der Waals surface area (Å²) in [5.74, 6) is -0.770. The van der Waals surface area contributed by atoms with Crippen molar-refractivity contribution in [3.63, 3.8) is 0 Å². The van der Waals surface area contributed by atoms with Crippen molar-refractivity contribution in [2.75, 3.05) is 13.2 Å². The summed E-state index contributed by atoms with van der Waals surface area (Å²) in [7, 11) is 0. The predicted molar refractivity (Wildman–Crippen MR) is 112 cm³/mol. The third kappa shape index (κ3) is 6.61. The van der Waals surface area contributed by atoms with Crippen LogP contribution in [0.25, 0.3) is 0 Å². The minimum Gasteiger partial charge on any atom is -0.484 e. The van der Waals surface area contributed by atoms with Gasteiger partial charge >= 0.3 is 0 Å². The molecule has 0 bridgehead atoms. The van der Waals surface area contributed by atoms with Crippen molar-refractivity contribution >= 4 is 35.0 Å². The second kappa shape index (κ2) is 11.0. The van der Waals surface area contributed by atoms with E-state index in [1.165, 1.54) is 29.2 Å². The molecule has 0 heterocycles. The van der Waals surface area contributed by atoms with Gasteiger partial charge in [-0.2, -0.15) is 0 Å². The highest BCUT2D eigenvalue weighted by Gasteiger charge is 2.27. The van der Waals surface area contributed by atoms with Crippen LogP contribution >= 0.6 is 23.2 Å². The molecule has 29 heavy (non-hydrogen) atoms. The first kappa shape index (κ1) is 23.0. The summed E-state index contributed by atoms with van der Waals surface area (Å²) in [6.07, 6.45) is 0.774. The minimum absolute atomic E-state index is 0.0465. The molecule has 2 aromatic rings. The van der Waals surface area contributed by atoms with Gasteiger partial charge in [-0.15, -0.1) is 0 Å². The Morgan fingerprint density at radius 1 is 1.14 bits per heavy atom. The highest BCUT2D eigenvalue weighted by molar-refractivity contribution is 6.36. The maximum Gasteiger partial charge on any atom is 0.261 e. The van der Waals surface area contributed by atoms with E-state index < -0.39 is 17.8 Å². The van der Waals surface area contributed by atoms with E-state index in [0.717, 1.165) is 6.42 Å². The molecule has 0 fully saturated rings.